The fourth-order valence-corrected chi connectivity index (χ4v) is 3.82. The van der Waals surface area contributed by atoms with Gasteiger partial charge < -0.3 is 24.8 Å². The summed E-state index contributed by atoms with van der Waals surface area (Å²) in [6.07, 6.45) is 2.17. The molecule has 9 heteroatoms. The van der Waals surface area contributed by atoms with Crippen LogP contribution in [0.4, 0.5) is 11.5 Å². The first-order chi connectivity index (χ1) is 16.4. The number of halogens is 1. The highest BCUT2D eigenvalue weighted by molar-refractivity contribution is 6.30. The van der Waals surface area contributed by atoms with Gasteiger partial charge in [0.05, 0.1) is 24.6 Å². The molecule has 0 bridgehead atoms. The zero-order valence-corrected chi connectivity index (χ0v) is 20.7. The maximum atomic E-state index is 12.2. The van der Waals surface area contributed by atoms with Crippen LogP contribution in [0.15, 0.2) is 42.6 Å². The number of amides is 1. The molecule has 1 aliphatic rings. The number of hydrogen-bond donors (Lipinski definition) is 2. The third kappa shape index (κ3) is 9.10. The van der Waals surface area contributed by atoms with Crippen LogP contribution in [0.3, 0.4) is 0 Å². The van der Waals surface area contributed by atoms with Crippen LogP contribution in [0, 0.1) is 5.92 Å². The van der Waals surface area contributed by atoms with Crippen molar-refractivity contribution in [3.8, 4) is 5.75 Å². The second-order valence-corrected chi connectivity index (χ2v) is 9.36. The highest BCUT2D eigenvalue weighted by atomic mass is 35.5. The van der Waals surface area contributed by atoms with Gasteiger partial charge in [0.15, 0.2) is 6.61 Å². The molecule has 186 valence electrons. The molecule has 0 saturated carbocycles. The van der Waals surface area contributed by atoms with E-state index in [4.69, 9.17) is 21.1 Å². The number of aliphatic hydroxyl groups is 1. The van der Waals surface area contributed by atoms with Gasteiger partial charge in [-0.25, -0.2) is 4.98 Å². The largest absolute Gasteiger partial charge is 0.484 e. The predicted octanol–water partition coefficient (Wildman–Crippen LogP) is 3.30. The molecular weight excluding hydrogens is 456 g/mol. The second kappa shape index (κ2) is 13.5. The summed E-state index contributed by atoms with van der Waals surface area (Å²) in [6, 6.07) is 10.6. The molecule has 1 saturated heterocycles. The lowest BCUT2D eigenvalue weighted by molar-refractivity contribution is -0.118. The van der Waals surface area contributed by atoms with Gasteiger partial charge in [0.1, 0.15) is 11.6 Å². The Bertz CT molecular complexity index is 879. The highest BCUT2D eigenvalue weighted by Crippen LogP contribution is 2.18. The summed E-state index contributed by atoms with van der Waals surface area (Å²) >= 11 is 5.85. The van der Waals surface area contributed by atoms with E-state index in [2.05, 4.69) is 33.9 Å². The number of rotatable bonds is 11. The average molecular weight is 491 g/mol. The first-order valence-corrected chi connectivity index (χ1v) is 12.1. The Morgan fingerprint density at radius 2 is 1.91 bits per heavy atom. The van der Waals surface area contributed by atoms with Gasteiger partial charge >= 0.3 is 0 Å². The van der Waals surface area contributed by atoms with Crippen LogP contribution in [0.25, 0.3) is 0 Å². The van der Waals surface area contributed by atoms with E-state index in [1.807, 2.05) is 12.1 Å². The lowest BCUT2D eigenvalue weighted by Gasteiger charge is -2.24. The minimum atomic E-state index is -0.477. The Morgan fingerprint density at radius 1 is 1.12 bits per heavy atom. The average Bonchev–Trinajstić information content (AvgIpc) is 3.04. The standard InChI is InChI=1S/C25H35ClN4O4/c1-19(2)16-33-17-22(31)15-29-10-3-11-30(13-12-29)24-9-6-21(14-27-24)28-25(32)18-34-23-7-4-20(26)5-8-23/h4-9,14,19,22,31H,3,10-13,15-18H2,1-2H3,(H,28,32)/t22-/m0/s1. The Kier molecular flexibility index (Phi) is 10.4. The molecule has 3 rings (SSSR count). The summed E-state index contributed by atoms with van der Waals surface area (Å²) < 4.78 is 11.0. The van der Waals surface area contributed by atoms with Gasteiger partial charge in [-0.1, -0.05) is 25.4 Å². The van der Waals surface area contributed by atoms with E-state index in [1.54, 1.807) is 30.5 Å². The number of nitrogens with zero attached hydrogens (tertiary/aromatic N) is 3. The topological polar surface area (TPSA) is 87.2 Å². The third-order valence-corrected chi connectivity index (χ3v) is 5.61. The number of hydrogen-bond acceptors (Lipinski definition) is 7. The van der Waals surface area contributed by atoms with Gasteiger partial charge in [-0.15, -0.1) is 0 Å². The summed E-state index contributed by atoms with van der Waals surface area (Å²) in [5, 5.41) is 13.7. The summed E-state index contributed by atoms with van der Waals surface area (Å²) in [6.45, 7) is 9.26. The number of pyridine rings is 1. The van der Waals surface area contributed by atoms with Crippen LogP contribution in [0.2, 0.25) is 5.02 Å². The van der Waals surface area contributed by atoms with Crippen molar-refractivity contribution in [1.82, 2.24) is 9.88 Å². The van der Waals surface area contributed by atoms with Crippen LogP contribution in [-0.4, -0.2) is 79.5 Å². The zero-order valence-electron chi connectivity index (χ0n) is 20.0. The van der Waals surface area contributed by atoms with Crippen LogP contribution in [-0.2, 0) is 9.53 Å². The summed E-state index contributed by atoms with van der Waals surface area (Å²) in [5.41, 5.74) is 0.620. The number of carbonyl (C=O) groups is 1. The minimum Gasteiger partial charge on any atom is -0.484 e. The second-order valence-electron chi connectivity index (χ2n) is 8.92. The minimum absolute atomic E-state index is 0.0975. The molecule has 0 radical (unpaired) electrons. The lowest BCUT2D eigenvalue weighted by atomic mass is 10.2. The molecule has 0 spiro atoms. The van der Waals surface area contributed by atoms with Crippen molar-refractivity contribution >= 4 is 29.0 Å². The molecule has 0 aliphatic carbocycles. The fourth-order valence-electron chi connectivity index (χ4n) is 3.70. The predicted molar refractivity (Wildman–Crippen MR) is 135 cm³/mol. The van der Waals surface area contributed by atoms with Gasteiger partial charge in [0.2, 0.25) is 0 Å². The van der Waals surface area contributed by atoms with Gasteiger partial charge in [0, 0.05) is 37.8 Å². The molecule has 2 aromatic rings. The van der Waals surface area contributed by atoms with Crippen molar-refractivity contribution in [3.63, 3.8) is 0 Å². The number of benzene rings is 1. The summed E-state index contributed by atoms with van der Waals surface area (Å²) in [5.74, 6) is 1.66. The number of ether oxygens (including phenoxy) is 2. The molecule has 1 fully saturated rings. The van der Waals surface area contributed by atoms with Gasteiger partial charge in [0.25, 0.3) is 5.91 Å². The van der Waals surface area contributed by atoms with E-state index in [9.17, 15) is 9.90 Å². The maximum absolute atomic E-state index is 12.2. The number of β-amino-alcohol motifs (C(OH)–C–C–N with tert-alkyl or cyclic N) is 1. The van der Waals surface area contributed by atoms with Gasteiger partial charge in [-0.2, -0.15) is 0 Å². The molecule has 1 amide bonds. The number of aliphatic hydroxyl groups excluding tert-OH is 1. The lowest BCUT2D eigenvalue weighted by Crippen LogP contribution is -2.38. The summed E-state index contributed by atoms with van der Waals surface area (Å²) in [4.78, 5) is 21.2. The maximum Gasteiger partial charge on any atom is 0.262 e. The number of aromatic nitrogens is 1. The zero-order chi connectivity index (χ0) is 24.3. The van der Waals surface area contributed by atoms with E-state index in [1.165, 1.54) is 0 Å². The quantitative estimate of drug-likeness (QED) is 0.499. The van der Waals surface area contributed by atoms with E-state index in [0.29, 0.717) is 42.1 Å². The number of nitrogens with one attached hydrogen (secondary N) is 1. The van der Waals surface area contributed by atoms with Gasteiger partial charge in [-0.05, 0) is 55.3 Å². The van der Waals surface area contributed by atoms with Crippen LogP contribution < -0.4 is 15.0 Å². The van der Waals surface area contributed by atoms with Crippen LogP contribution in [0.5, 0.6) is 5.75 Å². The molecule has 1 aromatic heterocycles. The first kappa shape index (κ1) is 26.2. The smallest absolute Gasteiger partial charge is 0.262 e. The van der Waals surface area contributed by atoms with Crippen molar-refractivity contribution in [2.45, 2.75) is 26.4 Å². The normalized spacial score (nSPS) is 15.7. The van der Waals surface area contributed by atoms with Crippen molar-refractivity contribution in [2.75, 3.05) is 62.8 Å². The third-order valence-electron chi connectivity index (χ3n) is 5.36. The monoisotopic (exact) mass is 490 g/mol. The Hall–Kier alpha value is -2.39. The molecular formula is C25H35ClN4O4. The molecule has 2 N–H and O–H groups in total. The van der Waals surface area contributed by atoms with E-state index in [-0.39, 0.29) is 12.5 Å². The van der Waals surface area contributed by atoms with E-state index < -0.39 is 6.10 Å². The molecule has 0 unspecified atom stereocenters. The highest BCUT2D eigenvalue weighted by Gasteiger charge is 2.18. The fraction of sp³-hybridized carbons (Fsp3) is 0.520. The Labute approximate surface area is 206 Å². The van der Waals surface area contributed by atoms with Crippen LogP contribution in [0.1, 0.15) is 20.3 Å². The molecule has 1 atom stereocenters. The van der Waals surface area contributed by atoms with Crippen molar-refractivity contribution < 1.29 is 19.4 Å². The summed E-state index contributed by atoms with van der Waals surface area (Å²) in [7, 11) is 0. The van der Waals surface area contributed by atoms with Crippen molar-refractivity contribution in [1.29, 1.82) is 0 Å². The van der Waals surface area contributed by atoms with E-state index >= 15 is 0 Å². The Balaban J connectivity index is 1.41. The first-order valence-electron chi connectivity index (χ1n) is 11.8. The van der Waals surface area contributed by atoms with Crippen LogP contribution >= 0.6 is 11.6 Å². The van der Waals surface area contributed by atoms with E-state index in [0.717, 1.165) is 38.4 Å². The molecule has 34 heavy (non-hydrogen) atoms. The number of anilines is 2. The Morgan fingerprint density at radius 3 is 2.62 bits per heavy atom. The number of carbonyl (C=O) groups excluding carboxylic acids is 1. The molecule has 8 nitrogen and oxygen atoms in total. The molecule has 1 aliphatic heterocycles. The molecule has 1 aromatic carbocycles. The molecule has 2 heterocycles. The van der Waals surface area contributed by atoms with Gasteiger partial charge in [-0.3, -0.25) is 9.69 Å². The SMILES string of the molecule is CC(C)COC[C@@H](O)CN1CCCN(c2ccc(NC(=O)COc3ccc(Cl)cc3)cn2)CC1. The van der Waals surface area contributed by atoms with Crippen molar-refractivity contribution in [3.05, 3.63) is 47.6 Å². The van der Waals surface area contributed by atoms with Crippen molar-refractivity contribution in [2.24, 2.45) is 5.92 Å².